The van der Waals surface area contributed by atoms with Crippen LogP contribution in [0.3, 0.4) is 0 Å². The number of carboxylic acid groups (broad SMARTS) is 4. The molecule has 4 N–H and O–H groups in total. The number of carbonyl (C=O) groups is 4. The molecule has 1 aliphatic carbocycles. The molecular formula is C15H16O8S. The molecule has 0 unspecified atom stereocenters. The molecule has 0 amide bonds. The molecule has 9 heteroatoms. The van der Waals surface area contributed by atoms with Gasteiger partial charge in [0.05, 0.1) is 0 Å². The van der Waals surface area contributed by atoms with Gasteiger partial charge in [0.1, 0.15) is 0 Å². The van der Waals surface area contributed by atoms with E-state index in [2.05, 4.69) is 0 Å². The van der Waals surface area contributed by atoms with E-state index in [0.717, 1.165) is 37.0 Å². The van der Waals surface area contributed by atoms with E-state index in [0.29, 0.717) is 5.56 Å². The molecule has 0 saturated heterocycles. The van der Waals surface area contributed by atoms with Gasteiger partial charge in [0.25, 0.3) is 0 Å². The van der Waals surface area contributed by atoms with Gasteiger partial charge in [-0.25, -0.2) is 0 Å². The normalized spacial score (nSPS) is 15.1. The van der Waals surface area contributed by atoms with Gasteiger partial charge < -0.3 is 20.4 Å². The summed E-state index contributed by atoms with van der Waals surface area (Å²) in [5.74, 6) is -10.6. The highest BCUT2D eigenvalue weighted by atomic mass is 32.1. The lowest BCUT2D eigenvalue weighted by Crippen LogP contribution is -2.27. The molecule has 0 aromatic carbocycles. The number of hydrogen-bond acceptors (Lipinski definition) is 5. The first-order valence-electron chi connectivity index (χ1n) is 7.28. The molecule has 130 valence electrons. The second-order valence-corrected chi connectivity index (χ2v) is 6.58. The van der Waals surface area contributed by atoms with Crippen molar-refractivity contribution in [3.8, 4) is 0 Å². The third kappa shape index (κ3) is 3.25. The van der Waals surface area contributed by atoms with Gasteiger partial charge in [-0.05, 0) is 35.3 Å². The lowest BCUT2D eigenvalue weighted by Gasteiger charge is -2.17. The minimum absolute atomic E-state index is 0.0746. The van der Waals surface area contributed by atoms with E-state index < -0.39 is 35.7 Å². The summed E-state index contributed by atoms with van der Waals surface area (Å²) in [6.45, 7) is 0. The Kier molecular flexibility index (Phi) is 5.23. The molecule has 1 aromatic heterocycles. The van der Waals surface area contributed by atoms with Gasteiger partial charge >= 0.3 is 23.9 Å². The third-order valence-electron chi connectivity index (χ3n) is 4.22. The van der Waals surface area contributed by atoms with Crippen molar-refractivity contribution in [3.05, 3.63) is 21.4 Å². The van der Waals surface area contributed by atoms with Gasteiger partial charge in [-0.1, -0.05) is 12.8 Å². The first-order valence-corrected chi connectivity index (χ1v) is 8.16. The minimum atomic E-state index is -1.98. The van der Waals surface area contributed by atoms with Crippen LogP contribution >= 0.6 is 11.3 Å². The largest absolute Gasteiger partial charge is 0.480 e. The van der Waals surface area contributed by atoms with Crippen LogP contribution < -0.4 is 0 Å². The summed E-state index contributed by atoms with van der Waals surface area (Å²) in [7, 11) is 0. The van der Waals surface area contributed by atoms with Crippen molar-refractivity contribution in [2.75, 3.05) is 0 Å². The maximum absolute atomic E-state index is 11.4. The molecule has 24 heavy (non-hydrogen) atoms. The van der Waals surface area contributed by atoms with Gasteiger partial charge in [0, 0.05) is 4.88 Å². The summed E-state index contributed by atoms with van der Waals surface area (Å²) in [5.41, 5.74) is 0.275. The Balaban J connectivity index is 2.67. The standard InChI is InChI=1S/C15H16O8S/c16-12(17)9(13(18)19)8-7(6-3-1-2-4-6)5-24-11(8)10(14(20)21)15(22)23/h5-6,9-10H,1-4H2,(H,16,17)(H,18,19)(H,20,21)(H,22,23). The Hall–Kier alpha value is -2.42. The quantitative estimate of drug-likeness (QED) is 0.541. The monoisotopic (exact) mass is 356 g/mol. The van der Waals surface area contributed by atoms with Crippen LogP contribution in [0.25, 0.3) is 0 Å². The summed E-state index contributed by atoms with van der Waals surface area (Å²) in [6.07, 6.45) is 3.28. The zero-order valence-electron chi connectivity index (χ0n) is 12.5. The fourth-order valence-electron chi connectivity index (χ4n) is 3.16. The van der Waals surface area contributed by atoms with E-state index >= 15 is 0 Å². The first kappa shape index (κ1) is 17.9. The Morgan fingerprint density at radius 1 is 0.875 bits per heavy atom. The van der Waals surface area contributed by atoms with Crippen LogP contribution in [-0.4, -0.2) is 44.3 Å². The molecule has 0 aliphatic heterocycles. The molecule has 0 bridgehead atoms. The zero-order valence-corrected chi connectivity index (χ0v) is 13.3. The number of aliphatic carboxylic acids is 4. The van der Waals surface area contributed by atoms with Gasteiger partial charge in [0.15, 0.2) is 11.8 Å². The smallest absolute Gasteiger partial charge is 0.323 e. The molecule has 1 aromatic rings. The van der Waals surface area contributed by atoms with E-state index in [9.17, 15) is 39.6 Å². The van der Waals surface area contributed by atoms with Crippen LogP contribution in [0, 0.1) is 0 Å². The summed E-state index contributed by atoms with van der Waals surface area (Å²) in [5, 5.41) is 38.5. The predicted molar refractivity (Wildman–Crippen MR) is 81.6 cm³/mol. The third-order valence-corrected chi connectivity index (χ3v) is 5.30. The average molecular weight is 356 g/mol. The molecule has 0 atom stereocenters. The molecular weight excluding hydrogens is 340 g/mol. The van der Waals surface area contributed by atoms with Crippen LogP contribution in [0.2, 0.25) is 0 Å². The second-order valence-electron chi connectivity index (χ2n) is 5.67. The molecule has 1 aliphatic rings. The number of carboxylic acids is 4. The van der Waals surface area contributed by atoms with Crippen molar-refractivity contribution in [2.24, 2.45) is 0 Å². The highest BCUT2D eigenvalue weighted by Gasteiger charge is 2.41. The van der Waals surface area contributed by atoms with Crippen LogP contribution in [0.1, 0.15) is 59.4 Å². The van der Waals surface area contributed by atoms with Crippen LogP contribution in [-0.2, 0) is 19.2 Å². The van der Waals surface area contributed by atoms with E-state index in [1.165, 1.54) is 5.38 Å². The Morgan fingerprint density at radius 2 is 1.33 bits per heavy atom. The molecule has 0 radical (unpaired) electrons. The van der Waals surface area contributed by atoms with Crippen molar-refractivity contribution in [1.29, 1.82) is 0 Å². The van der Waals surface area contributed by atoms with Crippen molar-refractivity contribution in [3.63, 3.8) is 0 Å². The second kappa shape index (κ2) is 7.00. The number of thiophene rings is 1. The molecule has 1 saturated carbocycles. The topological polar surface area (TPSA) is 149 Å². The zero-order chi connectivity index (χ0) is 18.0. The Labute approximate surface area is 140 Å². The number of rotatable bonds is 7. The molecule has 1 fully saturated rings. The van der Waals surface area contributed by atoms with Crippen LogP contribution in [0.4, 0.5) is 0 Å². The SMILES string of the molecule is O=C(O)C(C(=O)O)c1scc(C2CCCC2)c1C(C(=O)O)C(=O)O. The fourth-order valence-corrected chi connectivity index (χ4v) is 4.44. The maximum Gasteiger partial charge on any atom is 0.323 e. The Bertz CT molecular complexity index is 658. The van der Waals surface area contributed by atoms with E-state index in [4.69, 9.17) is 0 Å². The highest BCUT2D eigenvalue weighted by molar-refractivity contribution is 7.10. The number of hydrogen-bond donors (Lipinski definition) is 4. The van der Waals surface area contributed by atoms with E-state index in [-0.39, 0.29) is 16.4 Å². The van der Waals surface area contributed by atoms with Gasteiger partial charge in [-0.2, -0.15) is 0 Å². The summed E-state index contributed by atoms with van der Waals surface area (Å²) < 4.78 is 0. The molecule has 8 nitrogen and oxygen atoms in total. The summed E-state index contributed by atoms with van der Waals surface area (Å²) >= 11 is 0.803. The fraction of sp³-hybridized carbons (Fsp3) is 0.467. The summed E-state index contributed by atoms with van der Waals surface area (Å²) in [6, 6.07) is 0. The lowest BCUT2D eigenvalue weighted by molar-refractivity contribution is -0.153. The van der Waals surface area contributed by atoms with Crippen molar-refractivity contribution in [1.82, 2.24) is 0 Å². The van der Waals surface area contributed by atoms with Gasteiger partial charge in [-0.3, -0.25) is 19.2 Å². The highest BCUT2D eigenvalue weighted by Crippen LogP contribution is 2.44. The Morgan fingerprint density at radius 3 is 1.75 bits per heavy atom. The molecule has 1 heterocycles. The first-order chi connectivity index (χ1) is 11.3. The predicted octanol–water partition coefficient (Wildman–Crippen LogP) is 1.91. The van der Waals surface area contributed by atoms with Crippen LogP contribution in [0.5, 0.6) is 0 Å². The average Bonchev–Trinajstić information content (AvgIpc) is 3.07. The van der Waals surface area contributed by atoms with Crippen molar-refractivity contribution >= 4 is 35.2 Å². The van der Waals surface area contributed by atoms with Gasteiger partial charge in [0.2, 0.25) is 0 Å². The minimum Gasteiger partial charge on any atom is -0.480 e. The van der Waals surface area contributed by atoms with E-state index in [1.54, 1.807) is 0 Å². The molecule has 2 rings (SSSR count). The van der Waals surface area contributed by atoms with Crippen LogP contribution in [0.15, 0.2) is 5.38 Å². The summed E-state index contributed by atoms with van der Waals surface area (Å²) in [4.78, 5) is 45.3. The van der Waals surface area contributed by atoms with Crippen molar-refractivity contribution in [2.45, 2.75) is 43.4 Å². The maximum atomic E-state index is 11.4. The lowest BCUT2D eigenvalue weighted by atomic mass is 9.85. The van der Waals surface area contributed by atoms with E-state index in [1.807, 2.05) is 0 Å². The van der Waals surface area contributed by atoms with Gasteiger partial charge in [-0.15, -0.1) is 11.3 Å². The van der Waals surface area contributed by atoms with Crippen molar-refractivity contribution < 1.29 is 39.6 Å². The molecule has 0 spiro atoms.